The van der Waals surface area contributed by atoms with E-state index in [-0.39, 0.29) is 6.61 Å². The van der Waals surface area contributed by atoms with Gasteiger partial charge in [0.1, 0.15) is 0 Å². The number of imidazole rings is 1. The molecule has 0 aromatic carbocycles. The zero-order valence-corrected chi connectivity index (χ0v) is 10.6. The maximum absolute atomic E-state index is 8.76. The Hall–Kier alpha value is -1.59. The Bertz CT molecular complexity index is 522. The predicted molar refractivity (Wildman–Crippen MR) is 69.9 cm³/mol. The number of pyridine rings is 1. The van der Waals surface area contributed by atoms with E-state index in [9.17, 15) is 0 Å². The molecule has 2 aromatic heterocycles. The van der Waals surface area contributed by atoms with Crippen LogP contribution >= 0.6 is 0 Å². The minimum Gasteiger partial charge on any atom is -0.490 e. The SMILES string of the molecule is Cc1nc2c(OCCCO)cccn2c1CCN. The molecule has 5 nitrogen and oxygen atoms in total. The van der Waals surface area contributed by atoms with Gasteiger partial charge in [0.25, 0.3) is 0 Å². The first-order valence-corrected chi connectivity index (χ1v) is 6.18. The lowest BCUT2D eigenvalue weighted by Crippen LogP contribution is -2.06. The number of nitrogens with zero attached hydrogens (tertiary/aromatic N) is 2. The highest BCUT2D eigenvalue weighted by atomic mass is 16.5. The number of aliphatic hydroxyl groups is 1. The van der Waals surface area contributed by atoms with Crippen molar-refractivity contribution in [2.24, 2.45) is 5.73 Å². The van der Waals surface area contributed by atoms with Crippen molar-refractivity contribution in [1.82, 2.24) is 9.38 Å². The van der Waals surface area contributed by atoms with Crippen LogP contribution in [0.3, 0.4) is 0 Å². The van der Waals surface area contributed by atoms with Gasteiger partial charge in [-0.3, -0.25) is 0 Å². The Labute approximate surface area is 106 Å². The van der Waals surface area contributed by atoms with Gasteiger partial charge in [-0.2, -0.15) is 0 Å². The lowest BCUT2D eigenvalue weighted by molar-refractivity contribution is 0.234. The van der Waals surface area contributed by atoms with Crippen molar-refractivity contribution in [2.75, 3.05) is 19.8 Å². The van der Waals surface area contributed by atoms with Gasteiger partial charge in [-0.05, 0) is 25.6 Å². The van der Waals surface area contributed by atoms with Crippen molar-refractivity contribution < 1.29 is 9.84 Å². The molecule has 0 fully saturated rings. The van der Waals surface area contributed by atoms with Crippen molar-refractivity contribution in [2.45, 2.75) is 19.8 Å². The highest BCUT2D eigenvalue weighted by molar-refractivity contribution is 5.56. The van der Waals surface area contributed by atoms with Gasteiger partial charge in [-0.25, -0.2) is 4.98 Å². The molecule has 2 rings (SSSR count). The van der Waals surface area contributed by atoms with Crippen LogP contribution in [0.4, 0.5) is 0 Å². The molecule has 0 unspecified atom stereocenters. The molecule has 0 amide bonds. The zero-order valence-electron chi connectivity index (χ0n) is 10.6. The summed E-state index contributed by atoms with van der Waals surface area (Å²) >= 11 is 0. The summed E-state index contributed by atoms with van der Waals surface area (Å²) in [7, 11) is 0. The quantitative estimate of drug-likeness (QED) is 0.746. The molecule has 0 saturated carbocycles. The number of rotatable bonds is 6. The summed E-state index contributed by atoms with van der Waals surface area (Å²) < 4.78 is 7.66. The average Bonchev–Trinajstić information content (AvgIpc) is 2.68. The van der Waals surface area contributed by atoms with E-state index in [1.165, 1.54) is 0 Å². The molecule has 0 atom stereocenters. The number of aryl methyl sites for hydroxylation is 1. The van der Waals surface area contributed by atoms with E-state index in [0.29, 0.717) is 19.6 Å². The lowest BCUT2D eigenvalue weighted by Gasteiger charge is -2.07. The molecule has 0 saturated heterocycles. The number of hydrogen-bond acceptors (Lipinski definition) is 4. The highest BCUT2D eigenvalue weighted by Crippen LogP contribution is 2.22. The summed E-state index contributed by atoms with van der Waals surface area (Å²) in [5.74, 6) is 0.748. The van der Waals surface area contributed by atoms with Crippen LogP contribution in [0.5, 0.6) is 5.75 Å². The molecule has 0 radical (unpaired) electrons. The molecule has 0 aliphatic carbocycles. The van der Waals surface area contributed by atoms with E-state index < -0.39 is 0 Å². The van der Waals surface area contributed by atoms with E-state index >= 15 is 0 Å². The van der Waals surface area contributed by atoms with Crippen LogP contribution in [0.2, 0.25) is 0 Å². The largest absolute Gasteiger partial charge is 0.490 e. The number of ether oxygens (including phenoxy) is 1. The van der Waals surface area contributed by atoms with Crippen molar-refractivity contribution in [3.05, 3.63) is 29.7 Å². The van der Waals surface area contributed by atoms with Crippen LogP contribution in [0.1, 0.15) is 17.8 Å². The fourth-order valence-electron chi connectivity index (χ4n) is 2.00. The predicted octanol–water partition coefficient (Wildman–Crippen LogP) is 0.905. The molecule has 2 heterocycles. The Balaban J connectivity index is 2.34. The smallest absolute Gasteiger partial charge is 0.180 e. The maximum Gasteiger partial charge on any atom is 0.180 e. The second-order valence-corrected chi connectivity index (χ2v) is 4.17. The third-order valence-electron chi connectivity index (χ3n) is 2.85. The minimum atomic E-state index is 0.134. The van der Waals surface area contributed by atoms with E-state index in [1.807, 2.05) is 29.7 Å². The molecule has 98 valence electrons. The number of hydrogen-bond donors (Lipinski definition) is 2. The first-order valence-electron chi connectivity index (χ1n) is 6.18. The normalized spacial score (nSPS) is 11.1. The van der Waals surface area contributed by atoms with Crippen LogP contribution in [0.15, 0.2) is 18.3 Å². The summed E-state index contributed by atoms with van der Waals surface area (Å²) in [6.07, 6.45) is 3.39. The van der Waals surface area contributed by atoms with Gasteiger partial charge in [0.05, 0.1) is 12.3 Å². The Morgan fingerprint density at radius 2 is 2.33 bits per heavy atom. The van der Waals surface area contributed by atoms with Gasteiger partial charge in [-0.15, -0.1) is 0 Å². The topological polar surface area (TPSA) is 72.8 Å². The summed E-state index contributed by atoms with van der Waals surface area (Å²) in [4.78, 5) is 4.53. The number of aromatic nitrogens is 2. The molecule has 3 N–H and O–H groups in total. The second-order valence-electron chi connectivity index (χ2n) is 4.17. The van der Waals surface area contributed by atoms with Gasteiger partial charge >= 0.3 is 0 Å². The molecular formula is C13H19N3O2. The van der Waals surface area contributed by atoms with Gasteiger partial charge in [0.15, 0.2) is 11.4 Å². The van der Waals surface area contributed by atoms with Gasteiger partial charge in [-0.1, -0.05) is 0 Å². The third-order valence-corrected chi connectivity index (χ3v) is 2.85. The van der Waals surface area contributed by atoms with Gasteiger partial charge in [0, 0.05) is 31.3 Å². The van der Waals surface area contributed by atoms with Crippen LogP contribution in [0, 0.1) is 6.92 Å². The summed E-state index contributed by atoms with van der Waals surface area (Å²) in [6.45, 7) is 3.21. The number of fused-ring (bicyclic) bond motifs is 1. The first-order chi connectivity index (χ1) is 8.77. The fraction of sp³-hybridized carbons (Fsp3) is 0.462. The maximum atomic E-state index is 8.76. The molecule has 18 heavy (non-hydrogen) atoms. The van der Waals surface area contributed by atoms with E-state index in [0.717, 1.165) is 29.2 Å². The zero-order chi connectivity index (χ0) is 13.0. The average molecular weight is 249 g/mol. The van der Waals surface area contributed by atoms with Crippen molar-refractivity contribution >= 4 is 5.65 Å². The van der Waals surface area contributed by atoms with Gasteiger partial charge in [0.2, 0.25) is 0 Å². The van der Waals surface area contributed by atoms with Crippen LogP contribution in [-0.2, 0) is 6.42 Å². The molecular weight excluding hydrogens is 230 g/mol. The second kappa shape index (κ2) is 5.84. The lowest BCUT2D eigenvalue weighted by atomic mass is 10.2. The Morgan fingerprint density at radius 1 is 1.50 bits per heavy atom. The van der Waals surface area contributed by atoms with Crippen LogP contribution in [0.25, 0.3) is 5.65 Å². The molecule has 0 aliphatic rings. The number of nitrogens with two attached hydrogens (primary N) is 1. The van der Waals surface area contributed by atoms with E-state index in [1.54, 1.807) is 0 Å². The Morgan fingerprint density at radius 3 is 3.06 bits per heavy atom. The monoisotopic (exact) mass is 249 g/mol. The molecule has 2 aromatic rings. The first kappa shape index (κ1) is 12.9. The molecule has 0 bridgehead atoms. The number of aliphatic hydroxyl groups excluding tert-OH is 1. The van der Waals surface area contributed by atoms with Crippen molar-refractivity contribution in [3.8, 4) is 5.75 Å². The standard InChI is InChI=1S/C13H19N3O2/c1-10-11(5-6-14)16-7-2-4-12(13(16)15-10)18-9-3-8-17/h2,4,7,17H,3,5-6,8-9,14H2,1H3. The summed E-state index contributed by atoms with van der Waals surface area (Å²) in [6, 6.07) is 3.83. The fourth-order valence-corrected chi connectivity index (χ4v) is 2.00. The molecule has 0 spiro atoms. The summed E-state index contributed by atoms with van der Waals surface area (Å²) in [5.41, 5.74) is 8.54. The molecule has 5 heteroatoms. The highest BCUT2D eigenvalue weighted by Gasteiger charge is 2.11. The summed E-state index contributed by atoms with van der Waals surface area (Å²) in [5, 5.41) is 8.76. The van der Waals surface area contributed by atoms with Gasteiger partial charge < -0.3 is 20.0 Å². The van der Waals surface area contributed by atoms with Crippen LogP contribution < -0.4 is 10.5 Å². The molecule has 0 aliphatic heterocycles. The Kier molecular flexibility index (Phi) is 4.17. The van der Waals surface area contributed by atoms with E-state index in [2.05, 4.69) is 4.98 Å². The minimum absolute atomic E-state index is 0.134. The van der Waals surface area contributed by atoms with E-state index in [4.69, 9.17) is 15.6 Å². The van der Waals surface area contributed by atoms with Crippen molar-refractivity contribution in [1.29, 1.82) is 0 Å². The van der Waals surface area contributed by atoms with Crippen molar-refractivity contribution in [3.63, 3.8) is 0 Å². The third kappa shape index (κ3) is 2.47. The van der Waals surface area contributed by atoms with Crippen LogP contribution in [-0.4, -0.2) is 34.2 Å².